The molecule has 0 aliphatic carbocycles. The van der Waals surface area contributed by atoms with Crippen LogP contribution in [0.2, 0.25) is 5.15 Å². The van der Waals surface area contributed by atoms with Crippen molar-refractivity contribution in [3.63, 3.8) is 0 Å². The molecular weight excluding hydrogens is 409 g/mol. The molecule has 2 N–H and O–H groups in total. The van der Waals surface area contributed by atoms with E-state index < -0.39 is 12.1 Å². The molecule has 0 saturated carbocycles. The van der Waals surface area contributed by atoms with Crippen LogP contribution in [0.3, 0.4) is 0 Å². The summed E-state index contributed by atoms with van der Waals surface area (Å²) < 4.78 is 34.0. The smallest absolute Gasteiger partial charge is 0.475 e. The van der Waals surface area contributed by atoms with E-state index in [4.69, 9.17) is 21.5 Å². The highest BCUT2D eigenvalue weighted by Gasteiger charge is 2.38. The minimum Gasteiger partial charge on any atom is -0.475 e. The lowest BCUT2D eigenvalue weighted by molar-refractivity contribution is -0.192. The standard InChI is InChI=1S/C17H19ClN4.C2HF3O2/c18-17-15-16(13-3-1-2-4-14(13)21-17)22(11-20-15)10-7-12-5-8-19-9-6-12;3-2(4,5)1(6)7/h1-4,11-12,19H,5-10H2;(H,6,7). The van der Waals surface area contributed by atoms with Gasteiger partial charge in [0.2, 0.25) is 0 Å². The molecule has 0 atom stereocenters. The first-order valence-corrected chi connectivity index (χ1v) is 9.55. The number of piperidine rings is 1. The van der Waals surface area contributed by atoms with Gasteiger partial charge in [0.1, 0.15) is 5.52 Å². The number of carbonyl (C=O) groups is 1. The molecule has 2 aromatic heterocycles. The van der Waals surface area contributed by atoms with Crippen LogP contribution in [0, 0.1) is 5.92 Å². The van der Waals surface area contributed by atoms with E-state index in [9.17, 15) is 13.2 Å². The Bertz CT molecular complexity index is 1000. The first-order valence-electron chi connectivity index (χ1n) is 9.17. The van der Waals surface area contributed by atoms with Gasteiger partial charge in [0.25, 0.3) is 0 Å². The predicted octanol–water partition coefficient (Wildman–Crippen LogP) is 4.26. The van der Waals surface area contributed by atoms with Crippen molar-refractivity contribution < 1.29 is 23.1 Å². The number of aromatic nitrogens is 3. The number of imidazole rings is 1. The zero-order valence-corrected chi connectivity index (χ0v) is 16.2. The van der Waals surface area contributed by atoms with Crippen molar-refractivity contribution in [1.82, 2.24) is 19.9 Å². The van der Waals surface area contributed by atoms with Crippen molar-refractivity contribution in [3.05, 3.63) is 35.7 Å². The monoisotopic (exact) mass is 428 g/mol. The van der Waals surface area contributed by atoms with Crippen molar-refractivity contribution in [1.29, 1.82) is 0 Å². The number of nitrogens with zero attached hydrogens (tertiary/aromatic N) is 3. The first kappa shape index (κ1) is 21.3. The minimum absolute atomic E-state index is 0.495. The van der Waals surface area contributed by atoms with Crippen molar-refractivity contribution in [2.45, 2.75) is 32.0 Å². The number of pyridine rings is 1. The molecule has 29 heavy (non-hydrogen) atoms. The third kappa shape index (κ3) is 5.16. The van der Waals surface area contributed by atoms with Gasteiger partial charge in [-0.2, -0.15) is 13.2 Å². The normalized spacial score (nSPS) is 15.3. The molecule has 0 amide bonds. The molecule has 1 aromatic carbocycles. The Balaban J connectivity index is 0.000000298. The topological polar surface area (TPSA) is 80.0 Å². The van der Waals surface area contributed by atoms with Crippen LogP contribution in [0.5, 0.6) is 0 Å². The highest BCUT2D eigenvalue weighted by molar-refractivity contribution is 6.35. The fourth-order valence-corrected chi connectivity index (χ4v) is 3.64. The van der Waals surface area contributed by atoms with Gasteiger partial charge in [-0.15, -0.1) is 0 Å². The van der Waals surface area contributed by atoms with Crippen LogP contribution in [0.1, 0.15) is 19.3 Å². The van der Waals surface area contributed by atoms with Gasteiger partial charge in [-0.25, -0.2) is 14.8 Å². The number of benzene rings is 1. The number of fused-ring (bicyclic) bond motifs is 3. The lowest BCUT2D eigenvalue weighted by Gasteiger charge is -2.22. The summed E-state index contributed by atoms with van der Waals surface area (Å²) in [7, 11) is 0. The number of carboxylic acids is 1. The van der Waals surface area contributed by atoms with Gasteiger partial charge in [0.05, 0.1) is 17.4 Å². The van der Waals surface area contributed by atoms with Crippen LogP contribution in [-0.2, 0) is 11.3 Å². The zero-order chi connectivity index (χ0) is 21.0. The summed E-state index contributed by atoms with van der Waals surface area (Å²) >= 11 is 6.30. The number of halogens is 4. The molecule has 1 saturated heterocycles. The fourth-order valence-electron chi connectivity index (χ4n) is 3.41. The maximum atomic E-state index is 10.6. The van der Waals surface area contributed by atoms with Crippen molar-refractivity contribution in [2.75, 3.05) is 13.1 Å². The van der Waals surface area contributed by atoms with Crippen molar-refractivity contribution >= 4 is 39.5 Å². The molecule has 0 radical (unpaired) electrons. The van der Waals surface area contributed by atoms with Gasteiger partial charge >= 0.3 is 12.1 Å². The van der Waals surface area contributed by atoms with Crippen LogP contribution in [0.25, 0.3) is 21.9 Å². The average molecular weight is 429 g/mol. The van der Waals surface area contributed by atoms with Crippen LogP contribution >= 0.6 is 11.6 Å². The Morgan fingerprint density at radius 2 is 1.93 bits per heavy atom. The van der Waals surface area contributed by atoms with Gasteiger partial charge in [-0.3, -0.25) is 0 Å². The molecule has 156 valence electrons. The minimum atomic E-state index is -5.08. The van der Waals surface area contributed by atoms with E-state index in [1.54, 1.807) is 0 Å². The SMILES string of the molecule is Clc1nc2ccccc2c2c1ncn2CCC1CCNCC1.O=C(O)C(F)(F)F. The van der Waals surface area contributed by atoms with E-state index in [1.807, 2.05) is 24.5 Å². The van der Waals surface area contributed by atoms with E-state index in [1.165, 1.54) is 19.3 Å². The summed E-state index contributed by atoms with van der Waals surface area (Å²) in [5.41, 5.74) is 2.86. The Kier molecular flexibility index (Phi) is 6.59. The predicted molar refractivity (Wildman–Crippen MR) is 104 cm³/mol. The average Bonchev–Trinajstić information content (AvgIpc) is 3.12. The van der Waals surface area contributed by atoms with Crippen molar-refractivity contribution in [2.24, 2.45) is 5.92 Å². The molecule has 0 spiro atoms. The first-order chi connectivity index (χ1) is 13.8. The number of aryl methyl sites for hydroxylation is 1. The lowest BCUT2D eigenvalue weighted by atomic mass is 9.95. The van der Waals surface area contributed by atoms with Crippen LogP contribution in [0.15, 0.2) is 30.6 Å². The molecule has 3 heterocycles. The van der Waals surface area contributed by atoms with Gasteiger partial charge in [0, 0.05) is 11.9 Å². The summed E-state index contributed by atoms with van der Waals surface area (Å²) in [6, 6.07) is 8.14. The number of nitrogens with one attached hydrogen (secondary N) is 1. The Morgan fingerprint density at radius 1 is 1.28 bits per heavy atom. The Morgan fingerprint density at radius 3 is 2.59 bits per heavy atom. The molecule has 0 unspecified atom stereocenters. The van der Waals surface area contributed by atoms with Crippen LogP contribution in [0.4, 0.5) is 13.2 Å². The molecule has 4 rings (SSSR count). The van der Waals surface area contributed by atoms with Gasteiger partial charge in [-0.1, -0.05) is 29.8 Å². The second-order valence-corrected chi connectivity index (χ2v) is 7.20. The van der Waals surface area contributed by atoms with Crippen molar-refractivity contribution in [3.8, 4) is 0 Å². The number of hydrogen-bond acceptors (Lipinski definition) is 4. The zero-order valence-electron chi connectivity index (χ0n) is 15.4. The highest BCUT2D eigenvalue weighted by atomic mass is 35.5. The molecule has 1 aliphatic heterocycles. The largest absolute Gasteiger partial charge is 0.490 e. The van der Waals surface area contributed by atoms with Gasteiger partial charge in [-0.05, 0) is 44.3 Å². The number of para-hydroxylation sites is 1. The third-order valence-electron chi connectivity index (χ3n) is 4.89. The number of alkyl halides is 3. The summed E-state index contributed by atoms with van der Waals surface area (Å²) in [5.74, 6) is -1.95. The van der Waals surface area contributed by atoms with E-state index in [-0.39, 0.29) is 0 Å². The fraction of sp³-hybridized carbons (Fsp3) is 0.421. The molecule has 0 bridgehead atoms. The third-order valence-corrected chi connectivity index (χ3v) is 5.15. The quantitative estimate of drug-likeness (QED) is 0.609. The molecule has 3 aromatic rings. The van der Waals surface area contributed by atoms with E-state index in [2.05, 4.69) is 25.9 Å². The van der Waals surface area contributed by atoms with Crippen LogP contribution in [-0.4, -0.2) is 44.9 Å². The number of hydrogen-bond donors (Lipinski definition) is 2. The number of carboxylic acid groups (broad SMARTS) is 1. The summed E-state index contributed by atoms with van der Waals surface area (Å²) in [5, 5.41) is 12.2. The maximum absolute atomic E-state index is 10.6. The van der Waals surface area contributed by atoms with Crippen LogP contribution < -0.4 is 5.32 Å². The maximum Gasteiger partial charge on any atom is 0.490 e. The highest BCUT2D eigenvalue weighted by Crippen LogP contribution is 2.29. The lowest BCUT2D eigenvalue weighted by Crippen LogP contribution is -2.28. The molecule has 1 fully saturated rings. The molecule has 10 heteroatoms. The van der Waals surface area contributed by atoms with Gasteiger partial charge < -0.3 is 15.0 Å². The summed E-state index contributed by atoms with van der Waals surface area (Å²) in [6.45, 7) is 3.29. The molecule has 6 nitrogen and oxygen atoms in total. The van der Waals surface area contributed by atoms with Gasteiger partial charge in [0.15, 0.2) is 5.15 Å². The second kappa shape index (κ2) is 8.96. The Hall–Kier alpha value is -2.39. The number of rotatable bonds is 3. The van der Waals surface area contributed by atoms with E-state index >= 15 is 0 Å². The summed E-state index contributed by atoms with van der Waals surface area (Å²) in [4.78, 5) is 17.8. The van der Waals surface area contributed by atoms with E-state index in [0.29, 0.717) is 5.15 Å². The summed E-state index contributed by atoms with van der Waals surface area (Å²) in [6.07, 6.45) is 0.568. The molecule has 1 aliphatic rings. The molecular formula is C19H20ClF3N4O2. The van der Waals surface area contributed by atoms with E-state index in [0.717, 1.165) is 47.5 Å². The number of aliphatic carboxylic acids is 1. The second-order valence-electron chi connectivity index (χ2n) is 6.84. The Labute approximate surface area is 169 Å².